The molecular formula is C36H53N4O3+. The number of carbonyl (C=O) groups excluding carboxylic acids is 1. The lowest BCUT2D eigenvalue weighted by Gasteiger charge is -2.35. The first-order valence-electron chi connectivity index (χ1n) is 15.8. The number of nitrogens with zero attached hydrogens (tertiary/aromatic N) is 3. The summed E-state index contributed by atoms with van der Waals surface area (Å²) in [7, 11) is 2.06. The van der Waals surface area contributed by atoms with Crippen molar-refractivity contribution in [3.63, 3.8) is 0 Å². The minimum Gasteiger partial charge on any atom is -0.444 e. The number of ether oxygens (including phenoxy) is 2. The number of alkyl carbamates (subject to hydrolysis) is 1. The van der Waals surface area contributed by atoms with Gasteiger partial charge in [-0.25, -0.2) is 4.79 Å². The van der Waals surface area contributed by atoms with Gasteiger partial charge in [0.1, 0.15) is 18.3 Å². The lowest BCUT2D eigenvalue weighted by molar-refractivity contribution is -0.925. The van der Waals surface area contributed by atoms with E-state index in [1.165, 1.54) is 53.4 Å². The molecule has 0 saturated carbocycles. The molecule has 0 atom stereocenters. The number of hydrogen-bond donors (Lipinski definition) is 1. The van der Waals surface area contributed by atoms with E-state index in [1.54, 1.807) is 0 Å². The van der Waals surface area contributed by atoms with Crippen LogP contribution in [0.1, 0.15) is 59.1 Å². The Morgan fingerprint density at radius 3 is 2.35 bits per heavy atom. The van der Waals surface area contributed by atoms with E-state index in [2.05, 4.69) is 116 Å². The Balaban J connectivity index is 1.45. The topological polar surface area (TPSA) is 54.7 Å². The summed E-state index contributed by atoms with van der Waals surface area (Å²) in [6.45, 7) is 20.5. The summed E-state index contributed by atoms with van der Waals surface area (Å²) in [6, 6.07) is 17.3. The highest BCUT2D eigenvalue weighted by atomic mass is 16.6. The maximum absolute atomic E-state index is 11.7. The van der Waals surface area contributed by atoms with Gasteiger partial charge in [0.25, 0.3) is 0 Å². The highest BCUT2D eigenvalue weighted by Crippen LogP contribution is 2.23. The van der Waals surface area contributed by atoms with E-state index in [1.807, 2.05) is 20.8 Å². The van der Waals surface area contributed by atoms with Crippen LogP contribution in [0.15, 0.2) is 54.7 Å². The highest BCUT2D eigenvalue weighted by Gasteiger charge is 2.20. The molecule has 0 aliphatic heterocycles. The largest absolute Gasteiger partial charge is 0.444 e. The average molecular weight is 590 g/mol. The normalized spacial score (nSPS) is 12.2. The Morgan fingerprint density at radius 2 is 1.67 bits per heavy atom. The van der Waals surface area contributed by atoms with Crippen molar-refractivity contribution in [3.05, 3.63) is 72.1 Å². The van der Waals surface area contributed by atoms with E-state index in [0.29, 0.717) is 19.8 Å². The number of quaternary nitrogens is 1. The molecule has 0 radical (unpaired) electrons. The molecule has 1 amide bonds. The minimum absolute atomic E-state index is 0.419. The molecule has 234 valence electrons. The van der Waals surface area contributed by atoms with E-state index < -0.39 is 11.7 Å². The predicted octanol–water partition coefficient (Wildman–Crippen LogP) is 6.34. The summed E-state index contributed by atoms with van der Waals surface area (Å²) >= 11 is 0. The number of benzene rings is 2. The van der Waals surface area contributed by atoms with Gasteiger partial charge < -0.3 is 28.7 Å². The number of pyridine rings is 1. The number of aromatic nitrogens is 1. The lowest BCUT2D eigenvalue weighted by atomic mass is 10.0. The molecule has 1 heterocycles. The summed E-state index contributed by atoms with van der Waals surface area (Å²) < 4.78 is 14.3. The fourth-order valence-electron chi connectivity index (χ4n) is 5.15. The van der Waals surface area contributed by atoms with Crippen LogP contribution in [0.5, 0.6) is 0 Å². The van der Waals surface area contributed by atoms with Gasteiger partial charge in [-0.1, -0.05) is 24.3 Å². The third-order valence-corrected chi connectivity index (χ3v) is 8.13. The fraction of sp³-hybridized carbons (Fsp3) is 0.500. The van der Waals surface area contributed by atoms with Crippen molar-refractivity contribution < 1.29 is 23.3 Å². The molecule has 0 aliphatic rings. The SMILES string of the molecule is CC[N+](CC)(CC)CCC[n+]1[c-]cc(/C=C/c2ccc3cc(N(C)CCOCCNC(=O)OC(C)(C)C)ccc3c2)cc1. The van der Waals surface area contributed by atoms with Crippen molar-refractivity contribution in [2.45, 2.75) is 60.1 Å². The van der Waals surface area contributed by atoms with Gasteiger partial charge in [-0.05, 0) is 76.1 Å². The zero-order valence-corrected chi connectivity index (χ0v) is 27.5. The van der Waals surface area contributed by atoms with E-state index >= 15 is 0 Å². The van der Waals surface area contributed by atoms with Crippen molar-refractivity contribution >= 4 is 34.7 Å². The molecule has 7 heteroatoms. The predicted molar refractivity (Wildman–Crippen MR) is 178 cm³/mol. The van der Waals surface area contributed by atoms with Gasteiger partial charge in [-0.2, -0.15) is 0 Å². The number of anilines is 1. The number of nitrogens with one attached hydrogen (secondary N) is 1. The summed E-state index contributed by atoms with van der Waals surface area (Å²) in [6.07, 6.45) is 10.6. The van der Waals surface area contributed by atoms with E-state index in [0.717, 1.165) is 24.3 Å². The van der Waals surface area contributed by atoms with Crippen molar-refractivity contribution in [1.82, 2.24) is 5.32 Å². The summed E-state index contributed by atoms with van der Waals surface area (Å²) in [4.78, 5) is 13.9. The third-order valence-electron chi connectivity index (χ3n) is 8.13. The monoisotopic (exact) mass is 589 g/mol. The number of fused-ring (bicyclic) bond motifs is 1. The molecule has 7 nitrogen and oxygen atoms in total. The first-order chi connectivity index (χ1) is 20.6. The quantitative estimate of drug-likeness (QED) is 0.0917. The van der Waals surface area contributed by atoms with Crippen LogP contribution >= 0.6 is 0 Å². The molecule has 0 bridgehead atoms. The molecule has 0 spiro atoms. The zero-order chi connectivity index (χ0) is 31.3. The van der Waals surface area contributed by atoms with Gasteiger partial charge >= 0.3 is 6.09 Å². The number of hydrogen-bond acceptors (Lipinski definition) is 4. The van der Waals surface area contributed by atoms with Gasteiger partial charge in [0.15, 0.2) is 0 Å². The number of aryl methyl sites for hydroxylation is 1. The molecular weight excluding hydrogens is 536 g/mol. The Hall–Kier alpha value is -3.42. The first-order valence-corrected chi connectivity index (χ1v) is 15.8. The first kappa shape index (κ1) is 34.1. The number of rotatable bonds is 16. The van der Waals surface area contributed by atoms with Crippen LogP contribution in [0.25, 0.3) is 22.9 Å². The molecule has 0 unspecified atom stereocenters. The second-order valence-corrected chi connectivity index (χ2v) is 12.2. The molecule has 1 N–H and O–H groups in total. The molecule has 43 heavy (non-hydrogen) atoms. The van der Waals surface area contributed by atoms with Crippen LogP contribution < -0.4 is 14.8 Å². The molecule has 0 aliphatic carbocycles. The Bertz CT molecular complexity index is 1300. The smallest absolute Gasteiger partial charge is 0.407 e. The Morgan fingerprint density at radius 1 is 0.977 bits per heavy atom. The van der Waals surface area contributed by atoms with Crippen LogP contribution in [0.3, 0.4) is 0 Å². The molecule has 0 fully saturated rings. The second-order valence-electron chi connectivity index (χ2n) is 12.2. The lowest BCUT2D eigenvalue weighted by Crippen LogP contribution is -2.49. The van der Waals surface area contributed by atoms with Gasteiger partial charge in [0, 0.05) is 25.8 Å². The second kappa shape index (κ2) is 16.4. The number of carbonyl (C=O) groups is 1. The summed E-state index contributed by atoms with van der Waals surface area (Å²) in [5.74, 6) is 0. The van der Waals surface area contributed by atoms with Gasteiger partial charge in [0.2, 0.25) is 0 Å². The van der Waals surface area contributed by atoms with Crippen molar-refractivity contribution in [2.75, 3.05) is 64.4 Å². The van der Waals surface area contributed by atoms with Crippen molar-refractivity contribution in [2.24, 2.45) is 0 Å². The van der Waals surface area contributed by atoms with Crippen molar-refractivity contribution in [3.8, 4) is 0 Å². The van der Waals surface area contributed by atoms with Crippen LogP contribution in [0.4, 0.5) is 10.5 Å². The fourth-order valence-corrected chi connectivity index (χ4v) is 5.15. The molecule has 2 aromatic carbocycles. The van der Waals surface area contributed by atoms with Crippen LogP contribution in [0, 0.1) is 6.20 Å². The standard InChI is InChI=1S/C36H52N4O3/c1-8-40(9-2,10-3)25-11-21-39-22-18-30(19-23-39)12-13-31-14-15-33-29-34(17-16-32(33)28-31)38(7)24-27-42-26-20-37-35(41)43-36(4,5)6/h12-19,22,28-29H,8-11,20-21,24-27H2,1-7H3/p+1/b13-12+. The summed E-state index contributed by atoms with van der Waals surface area (Å²) in [5.41, 5.74) is 2.97. The van der Waals surface area contributed by atoms with Gasteiger partial charge in [0.05, 0.1) is 52.0 Å². The van der Waals surface area contributed by atoms with Crippen LogP contribution in [-0.4, -0.2) is 75.7 Å². The summed E-state index contributed by atoms with van der Waals surface area (Å²) in [5, 5.41) is 5.13. The van der Waals surface area contributed by atoms with Crippen LogP contribution in [0.2, 0.25) is 0 Å². The van der Waals surface area contributed by atoms with Crippen LogP contribution in [-0.2, 0) is 16.0 Å². The minimum atomic E-state index is -0.499. The van der Waals surface area contributed by atoms with E-state index in [-0.39, 0.29) is 0 Å². The van der Waals surface area contributed by atoms with Crippen molar-refractivity contribution in [1.29, 1.82) is 0 Å². The Labute approximate surface area is 259 Å². The zero-order valence-electron chi connectivity index (χ0n) is 27.5. The number of likely N-dealkylation sites (N-methyl/N-ethyl adjacent to an activating group) is 1. The van der Waals surface area contributed by atoms with E-state index in [4.69, 9.17) is 9.47 Å². The molecule has 0 saturated heterocycles. The van der Waals surface area contributed by atoms with Gasteiger partial charge in [-0.15, -0.1) is 23.8 Å². The van der Waals surface area contributed by atoms with Gasteiger partial charge in [-0.3, -0.25) is 0 Å². The third kappa shape index (κ3) is 11.3. The van der Waals surface area contributed by atoms with E-state index in [9.17, 15) is 4.79 Å². The Kier molecular flexibility index (Phi) is 13.0. The molecule has 3 rings (SSSR count). The molecule has 1 aromatic heterocycles. The molecule has 3 aromatic rings. The number of amides is 1. The maximum atomic E-state index is 11.7. The highest BCUT2D eigenvalue weighted by molar-refractivity contribution is 5.88. The maximum Gasteiger partial charge on any atom is 0.407 e. The average Bonchev–Trinajstić information content (AvgIpc) is 2.99.